The molecule has 0 saturated heterocycles. The van der Waals surface area contributed by atoms with Crippen LogP contribution in [0.5, 0.6) is 0 Å². The molecule has 0 radical (unpaired) electrons. The summed E-state index contributed by atoms with van der Waals surface area (Å²) >= 11 is 3.06. The molecule has 146 valence electrons. The van der Waals surface area contributed by atoms with Crippen molar-refractivity contribution in [3.8, 4) is 0 Å². The topological polar surface area (TPSA) is 100 Å². The second-order valence-electron chi connectivity index (χ2n) is 6.46. The molecule has 2 rings (SSSR count). The number of nitrogens with one attached hydrogen (secondary N) is 2. The molecule has 0 aliphatic heterocycles. The molecule has 0 bridgehead atoms. The van der Waals surface area contributed by atoms with Gasteiger partial charge < -0.3 is 15.8 Å². The lowest BCUT2D eigenvalue weighted by Crippen LogP contribution is -2.43. The van der Waals surface area contributed by atoms with Gasteiger partial charge >= 0.3 is 0 Å². The van der Waals surface area contributed by atoms with Gasteiger partial charge in [-0.3, -0.25) is 9.80 Å². The third-order valence-corrected chi connectivity index (χ3v) is 5.11. The number of rotatable bonds is 9. The van der Waals surface area contributed by atoms with E-state index in [4.69, 9.17) is 5.73 Å². The molecule has 0 aliphatic rings. The average Bonchev–Trinajstić information content (AvgIpc) is 3.01. The van der Waals surface area contributed by atoms with Crippen molar-refractivity contribution >= 4 is 63.0 Å². The predicted molar refractivity (Wildman–Crippen MR) is 114 cm³/mol. The van der Waals surface area contributed by atoms with Crippen LogP contribution in [-0.2, 0) is 4.79 Å². The van der Waals surface area contributed by atoms with Crippen LogP contribution in [0, 0.1) is 18.7 Å². The molecule has 1 amide bonds. The van der Waals surface area contributed by atoms with Gasteiger partial charge in [0.15, 0.2) is 0 Å². The molecular weight excluding hydrogens is 484 g/mol. The molecule has 4 N–H and O–H groups in total. The van der Waals surface area contributed by atoms with Crippen molar-refractivity contribution in [2.45, 2.75) is 33.2 Å². The quantitative estimate of drug-likeness (QED) is 0.208. The van der Waals surface area contributed by atoms with Crippen LogP contribution in [0.25, 0.3) is 0 Å². The van der Waals surface area contributed by atoms with Crippen LogP contribution in [-0.4, -0.2) is 22.6 Å². The Morgan fingerprint density at radius 2 is 2.15 bits per heavy atom. The number of aryl methyl sites for hydroxylation is 1. The lowest BCUT2D eigenvalue weighted by molar-refractivity contribution is -0.109. The standard InChI is InChI=1S/C17H21FIN5O2S/c1-9(2)4-11(8-25)24(23-19)15-7-14(12(17(20)26)6-13(15)18)21-16-5-10(3)22-27-16/h5-9,11,21,23H,4H2,1-3H3,(H2,20,26). The van der Waals surface area contributed by atoms with Gasteiger partial charge in [-0.1, -0.05) is 13.8 Å². The van der Waals surface area contributed by atoms with Gasteiger partial charge in [0.1, 0.15) is 23.1 Å². The first-order chi connectivity index (χ1) is 12.8. The highest BCUT2D eigenvalue weighted by atomic mass is 127. The van der Waals surface area contributed by atoms with E-state index in [-0.39, 0.29) is 17.2 Å². The number of anilines is 3. The Kier molecular flexibility index (Phi) is 7.50. The van der Waals surface area contributed by atoms with E-state index in [1.165, 1.54) is 22.6 Å². The van der Waals surface area contributed by atoms with Crippen LogP contribution in [0.3, 0.4) is 0 Å². The van der Waals surface area contributed by atoms with E-state index in [9.17, 15) is 14.0 Å². The summed E-state index contributed by atoms with van der Waals surface area (Å²) in [4.78, 5) is 23.3. The monoisotopic (exact) mass is 505 g/mol. The zero-order chi connectivity index (χ0) is 20.1. The van der Waals surface area contributed by atoms with Crippen molar-refractivity contribution in [2.75, 3.05) is 10.3 Å². The number of benzene rings is 1. The van der Waals surface area contributed by atoms with E-state index >= 15 is 0 Å². The third-order valence-electron chi connectivity index (χ3n) is 3.79. The number of aromatic nitrogens is 1. The van der Waals surface area contributed by atoms with Crippen molar-refractivity contribution in [2.24, 2.45) is 11.7 Å². The number of nitrogens with zero attached hydrogens (tertiary/aromatic N) is 2. The van der Waals surface area contributed by atoms with Crippen LogP contribution in [0.1, 0.15) is 36.3 Å². The molecular formula is C17H21FIN5O2S. The Morgan fingerprint density at radius 1 is 1.44 bits per heavy atom. The highest BCUT2D eigenvalue weighted by molar-refractivity contribution is 14.1. The maximum Gasteiger partial charge on any atom is 0.250 e. The van der Waals surface area contributed by atoms with Gasteiger partial charge in [0.25, 0.3) is 5.91 Å². The first kappa shape index (κ1) is 21.5. The highest BCUT2D eigenvalue weighted by Gasteiger charge is 2.24. The van der Waals surface area contributed by atoms with E-state index in [1.807, 2.05) is 43.6 Å². The minimum atomic E-state index is -0.757. The highest BCUT2D eigenvalue weighted by Crippen LogP contribution is 2.32. The molecule has 7 nitrogen and oxygen atoms in total. The number of aldehydes is 1. The first-order valence-electron chi connectivity index (χ1n) is 8.21. The molecule has 1 heterocycles. The average molecular weight is 505 g/mol. The number of halogens is 2. The zero-order valence-corrected chi connectivity index (χ0v) is 18.1. The number of amides is 1. The zero-order valence-electron chi connectivity index (χ0n) is 15.1. The molecule has 0 fully saturated rings. The second-order valence-corrected chi connectivity index (χ2v) is 7.75. The summed E-state index contributed by atoms with van der Waals surface area (Å²) in [5, 5.41) is 5.19. The summed E-state index contributed by atoms with van der Waals surface area (Å²) in [6.45, 7) is 5.80. The molecule has 0 saturated carbocycles. The van der Waals surface area contributed by atoms with Gasteiger partial charge in [-0.25, -0.2) is 4.39 Å². The van der Waals surface area contributed by atoms with Crippen molar-refractivity contribution in [1.29, 1.82) is 0 Å². The minimum Gasteiger partial charge on any atom is -0.366 e. The Balaban J connectivity index is 2.50. The van der Waals surface area contributed by atoms with Crippen LogP contribution in [0.15, 0.2) is 18.2 Å². The fourth-order valence-corrected chi connectivity index (χ4v) is 3.89. The Hall–Kier alpha value is -1.79. The summed E-state index contributed by atoms with van der Waals surface area (Å²) in [6, 6.07) is 3.77. The van der Waals surface area contributed by atoms with Gasteiger partial charge in [0.05, 0.1) is 22.6 Å². The minimum absolute atomic E-state index is 0.0159. The summed E-state index contributed by atoms with van der Waals surface area (Å²) in [7, 11) is 0. The van der Waals surface area contributed by atoms with Crippen LogP contribution in [0.4, 0.5) is 20.8 Å². The Bertz CT molecular complexity index is 830. The van der Waals surface area contributed by atoms with E-state index in [2.05, 4.69) is 13.3 Å². The summed E-state index contributed by atoms with van der Waals surface area (Å²) in [5.41, 5.74) is 6.72. The smallest absolute Gasteiger partial charge is 0.250 e. The van der Waals surface area contributed by atoms with Crippen LogP contribution >= 0.6 is 34.4 Å². The number of hydrogen-bond donors (Lipinski definition) is 3. The maximum atomic E-state index is 14.8. The molecule has 27 heavy (non-hydrogen) atoms. The van der Waals surface area contributed by atoms with E-state index in [0.29, 0.717) is 17.1 Å². The van der Waals surface area contributed by atoms with Crippen molar-refractivity contribution in [3.05, 3.63) is 35.3 Å². The molecule has 0 spiro atoms. The summed E-state index contributed by atoms with van der Waals surface area (Å²) in [6.07, 6.45) is 1.31. The van der Waals surface area contributed by atoms with Crippen LogP contribution in [0.2, 0.25) is 0 Å². The fraction of sp³-hybridized carbons (Fsp3) is 0.353. The molecule has 10 heteroatoms. The number of primary amides is 1. The fourth-order valence-electron chi connectivity index (χ4n) is 2.60. The van der Waals surface area contributed by atoms with Crippen molar-refractivity contribution < 1.29 is 14.0 Å². The molecule has 1 atom stereocenters. The number of carbonyl (C=O) groups excluding carboxylic acids is 2. The lowest BCUT2D eigenvalue weighted by atomic mass is 10.0. The van der Waals surface area contributed by atoms with Crippen LogP contribution < -0.4 is 19.7 Å². The molecule has 1 aromatic carbocycles. The van der Waals surface area contributed by atoms with E-state index in [1.54, 1.807) is 6.07 Å². The Labute approximate surface area is 175 Å². The summed E-state index contributed by atoms with van der Waals surface area (Å²) < 4.78 is 21.8. The molecule has 1 aromatic heterocycles. The van der Waals surface area contributed by atoms with Gasteiger partial charge in [-0.05, 0) is 49.0 Å². The molecule has 0 aliphatic carbocycles. The number of carbonyl (C=O) groups is 2. The number of nitrogens with two attached hydrogens (primary N) is 1. The van der Waals surface area contributed by atoms with E-state index in [0.717, 1.165) is 18.0 Å². The van der Waals surface area contributed by atoms with Gasteiger partial charge in [-0.2, -0.15) is 8.01 Å². The van der Waals surface area contributed by atoms with Crippen molar-refractivity contribution in [1.82, 2.24) is 8.01 Å². The van der Waals surface area contributed by atoms with Gasteiger partial charge in [0.2, 0.25) is 0 Å². The molecule has 1 unspecified atom stereocenters. The normalized spacial score (nSPS) is 12.1. The number of hydrazine groups is 1. The summed E-state index contributed by atoms with van der Waals surface area (Å²) in [5.74, 6) is -1.18. The third kappa shape index (κ3) is 5.36. The van der Waals surface area contributed by atoms with Gasteiger partial charge in [-0.15, -0.1) is 0 Å². The van der Waals surface area contributed by atoms with Gasteiger partial charge in [0, 0.05) is 22.9 Å². The second kappa shape index (κ2) is 9.42. The SMILES string of the molecule is Cc1cc(Nc2cc(N(NI)C(C=O)CC(C)C)c(F)cc2C(N)=O)sn1. The molecule has 2 aromatic rings. The largest absolute Gasteiger partial charge is 0.366 e. The predicted octanol–water partition coefficient (Wildman–Crippen LogP) is 3.71. The number of hydrogen-bond acceptors (Lipinski definition) is 7. The lowest BCUT2D eigenvalue weighted by Gasteiger charge is -2.30. The van der Waals surface area contributed by atoms with E-state index < -0.39 is 17.8 Å². The first-order valence-corrected chi connectivity index (χ1v) is 10.1. The Morgan fingerprint density at radius 3 is 2.63 bits per heavy atom. The maximum absolute atomic E-state index is 14.8. The van der Waals surface area contributed by atoms with Crippen molar-refractivity contribution in [3.63, 3.8) is 0 Å².